The van der Waals surface area contributed by atoms with E-state index in [1.54, 1.807) is 13.8 Å². The number of aliphatic hydroxyl groups excluding tert-OH is 1. The molecule has 0 saturated carbocycles. The molecule has 2 nitrogen and oxygen atoms in total. The number of aliphatic hydroxyl groups is 1. The fourth-order valence-electron chi connectivity index (χ4n) is 1.17. The molecule has 0 aliphatic rings. The summed E-state index contributed by atoms with van der Waals surface area (Å²) in [5.74, 6) is -0.599. The van der Waals surface area contributed by atoms with E-state index in [1.165, 1.54) is 12.1 Å². The highest BCUT2D eigenvalue weighted by molar-refractivity contribution is 6.30. The summed E-state index contributed by atoms with van der Waals surface area (Å²) < 4.78 is 13.4. The van der Waals surface area contributed by atoms with Crippen molar-refractivity contribution in [1.82, 2.24) is 0 Å². The SMILES string of the molecule is CC(C)(C#N)C(O)c1ccc(Cl)cc1F. The molecule has 0 heterocycles. The maximum Gasteiger partial charge on any atom is 0.130 e. The number of benzene rings is 1. The number of hydrogen-bond donors (Lipinski definition) is 1. The molecule has 1 rings (SSSR count). The Hall–Kier alpha value is -1.11. The zero-order valence-electron chi connectivity index (χ0n) is 8.46. The van der Waals surface area contributed by atoms with E-state index in [0.29, 0.717) is 0 Å². The molecule has 1 aromatic rings. The maximum absolute atomic E-state index is 13.4. The van der Waals surface area contributed by atoms with Crippen LogP contribution < -0.4 is 0 Å². The van der Waals surface area contributed by atoms with Crippen LogP contribution in [-0.2, 0) is 0 Å². The van der Waals surface area contributed by atoms with Crippen LogP contribution in [0.15, 0.2) is 18.2 Å². The minimum Gasteiger partial charge on any atom is -0.387 e. The van der Waals surface area contributed by atoms with Gasteiger partial charge in [-0.3, -0.25) is 0 Å². The molecule has 0 radical (unpaired) electrons. The normalized spacial score (nSPS) is 13.3. The highest BCUT2D eigenvalue weighted by atomic mass is 35.5. The third-order valence-corrected chi connectivity index (χ3v) is 2.46. The number of hydrogen-bond acceptors (Lipinski definition) is 2. The second-order valence-electron chi connectivity index (χ2n) is 3.90. The van der Waals surface area contributed by atoms with Gasteiger partial charge in [-0.25, -0.2) is 4.39 Å². The van der Waals surface area contributed by atoms with Crippen LogP contribution in [0.1, 0.15) is 25.5 Å². The van der Waals surface area contributed by atoms with Crippen molar-refractivity contribution in [2.45, 2.75) is 20.0 Å². The molecule has 15 heavy (non-hydrogen) atoms. The van der Waals surface area contributed by atoms with Gasteiger partial charge < -0.3 is 5.11 Å². The molecule has 0 spiro atoms. The van der Waals surface area contributed by atoms with Gasteiger partial charge in [-0.15, -0.1) is 0 Å². The topological polar surface area (TPSA) is 44.0 Å². The van der Waals surface area contributed by atoms with Crippen molar-refractivity contribution in [1.29, 1.82) is 5.26 Å². The van der Waals surface area contributed by atoms with Crippen molar-refractivity contribution in [3.8, 4) is 6.07 Å². The van der Waals surface area contributed by atoms with Crippen LogP contribution >= 0.6 is 11.6 Å². The number of rotatable bonds is 2. The average Bonchev–Trinajstić information content (AvgIpc) is 2.17. The van der Waals surface area contributed by atoms with Crippen LogP contribution in [0.3, 0.4) is 0 Å². The van der Waals surface area contributed by atoms with Gasteiger partial charge in [0, 0.05) is 10.6 Å². The average molecular weight is 228 g/mol. The van der Waals surface area contributed by atoms with Crippen LogP contribution in [0.5, 0.6) is 0 Å². The second-order valence-corrected chi connectivity index (χ2v) is 4.34. The van der Waals surface area contributed by atoms with Gasteiger partial charge in [0.25, 0.3) is 0 Å². The minimum absolute atomic E-state index is 0.0888. The molecular formula is C11H11ClFNO. The van der Waals surface area contributed by atoms with Gasteiger partial charge in [0.2, 0.25) is 0 Å². The van der Waals surface area contributed by atoms with Crippen LogP contribution in [0.2, 0.25) is 5.02 Å². The van der Waals surface area contributed by atoms with Crippen LogP contribution in [0, 0.1) is 22.6 Å². The Kier molecular flexibility index (Phi) is 3.33. The molecular weight excluding hydrogens is 217 g/mol. The Bertz CT molecular complexity index is 412. The first kappa shape index (κ1) is 12.0. The lowest BCUT2D eigenvalue weighted by atomic mass is 9.84. The third-order valence-electron chi connectivity index (χ3n) is 2.23. The lowest BCUT2D eigenvalue weighted by molar-refractivity contribution is 0.0832. The predicted molar refractivity (Wildman–Crippen MR) is 55.8 cm³/mol. The first-order valence-electron chi connectivity index (χ1n) is 4.43. The van der Waals surface area contributed by atoms with Gasteiger partial charge in [0.15, 0.2) is 0 Å². The highest BCUT2D eigenvalue weighted by Crippen LogP contribution is 2.34. The number of nitriles is 1. The van der Waals surface area contributed by atoms with Crippen molar-refractivity contribution >= 4 is 11.6 Å². The summed E-state index contributed by atoms with van der Waals surface area (Å²) in [6, 6.07) is 5.92. The molecule has 80 valence electrons. The fraction of sp³-hybridized carbons (Fsp3) is 0.364. The van der Waals surface area contributed by atoms with Crippen molar-refractivity contribution < 1.29 is 9.50 Å². The van der Waals surface area contributed by atoms with Crippen LogP contribution in [0.4, 0.5) is 4.39 Å². The zero-order chi connectivity index (χ0) is 11.6. The molecule has 0 aliphatic heterocycles. The summed E-state index contributed by atoms with van der Waals surface area (Å²) in [4.78, 5) is 0. The molecule has 0 bridgehead atoms. The van der Waals surface area contributed by atoms with Crippen LogP contribution in [-0.4, -0.2) is 5.11 Å². The third kappa shape index (κ3) is 2.47. The molecule has 1 atom stereocenters. The summed E-state index contributed by atoms with van der Waals surface area (Å²) >= 11 is 5.58. The Morgan fingerprint density at radius 2 is 2.13 bits per heavy atom. The first-order valence-corrected chi connectivity index (χ1v) is 4.80. The minimum atomic E-state index is -1.17. The number of nitrogens with zero attached hydrogens (tertiary/aromatic N) is 1. The van der Waals surface area contributed by atoms with Gasteiger partial charge in [-0.2, -0.15) is 5.26 Å². The predicted octanol–water partition coefficient (Wildman–Crippen LogP) is 3.06. The van der Waals surface area contributed by atoms with E-state index in [1.807, 2.05) is 6.07 Å². The first-order chi connectivity index (χ1) is 6.88. The molecule has 0 aliphatic carbocycles. The van der Waals surface area contributed by atoms with E-state index in [4.69, 9.17) is 16.9 Å². The monoisotopic (exact) mass is 227 g/mol. The largest absolute Gasteiger partial charge is 0.387 e. The number of halogens is 2. The van der Waals surface area contributed by atoms with E-state index in [-0.39, 0.29) is 10.6 Å². The van der Waals surface area contributed by atoms with Gasteiger partial charge >= 0.3 is 0 Å². The van der Waals surface area contributed by atoms with Gasteiger partial charge in [0.1, 0.15) is 5.82 Å². The quantitative estimate of drug-likeness (QED) is 0.844. The smallest absolute Gasteiger partial charge is 0.130 e. The lowest BCUT2D eigenvalue weighted by Crippen LogP contribution is -2.20. The second kappa shape index (κ2) is 4.18. The molecule has 0 aromatic heterocycles. The molecule has 0 fully saturated rings. The summed E-state index contributed by atoms with van der Waals surface area (Å²) in [5, 5.41) is 18.9. The van der Waals surface area contributed by atoms with Gasteiger partial charge in [-0.1, -0.05) is 17.7 Å². The van der Waals surface area contributed by atoms with Crippen molar-refractivity contribution in [3.63, 3.8) is 0 Å². The van der Waals surface area contributed by atoms with Crippen LogP contribution in [0.25, 0.3) is 0 Å². The Morgan fingerprint density at radius 1 is 1.53 bits per heavy atom. The highest BCUT2D eigenvalue weighted by Gasteiger charge is 2.30. The molecule has 0 amide bonds. The fourth-order valence-corrected chi connectivity index (χ4v) is 1.33. The summed E-state index contributed by atoms with van der Waals surface area (Å²) in [5.41, 5.74) is -0.944. The Morgan fingerprint density at radius 3 is 2.60 bits per heavy atom. The van der Waals surface area contributed by atoms with E-state index in [9.17, 15) is 9.50 Å². The van der Waals surface area contributed by atoms with Crippen molar-refractivity contribution in [3.05, 3.63) is 34.6 Å². The lowest BCUT2D eigenvalue weighted by Gasteiger charge is -2.23. The maximum atomic E-state index is 13.4. The summed E-state index contributed by atoms with van der Waals surface area (Å²) in [6.07, 6.45) is -1.17. The Balaban J connectivity index is 3.13. The summed E-state index contributed by atoms with van der Waals surface area (Å²) in [6.45, 7) is 3.09. The van der Waals surface area contributed by atoms with E-state index >= 15 is 0 Å². The van der Waals surface area contributed by atoms with Crippen molar-refractivity contribution in [2.75, 3.05) is 0 Å². The van der Waals surface area contributed by atoms with E-state index in [0.717, 1.165) is 6.07 Å². The molecule has 1 unspecified atom stereocenters. The van der Waals surface area contributed by atoms with Crippen molar-refractivity contribution in [2.24, 2.45) is 5.41 Å². The molecule has 4 heteroatoms. The van der Waals surface area contributed by atoms with E-state index < -0.39 is 17.3 Å². The Labute approximate surface area is 92.9 Å². The van der Waals surface area contributed by atoms with Gasteiger partial charge in [-0.05, 0) is 26.0 Å². The standard InChI is InChI=1S/C11H11ClFNO/c1-11(2,6-14)10(15)8-4-3-7(12)5-9(8)13/h3-5,10,15H,1-2H3. The molecule has 1 aromatic carbocycles. The van der Waals surface area contributed by atoms with Gasteiger partial charge in [0.05, 0.1) is 17.6 Å². The molecule has 0 saturated heterocycles. The zero-order valence-corrected chi connectivity index (χ0v) is 9.22. The molecule has 1 N–H and O–H groups in total. The summed E-state index contributed by atoms with van der Waals surface area (Å²) in [7, 11) is 0. The van der Waals surface area contributed by atoms with E-state index in [2.05, 4.69) is 0 Å².